The molecule has 5 nitrogen and oxygen atoms in total. The van der Waals surface area contributed by atoms with Crippen LogP contribution in [0.25, 0.3) is 0 Å². The summed E-state index contributed by atoms with van der Waals surface area (Å²) in [5, 5.41) is 3.34. The van der Waals surface area contributed by atoms with Crippen molar-refractivity contribution >= 4 is 45.0 Å². The number of nitrogens with one attached hydrogen (secondary N) is 1. The Hall–Kier alpha value is -2.32. The van der Waals surface area contributed by atoms with Crippen LogP contribution >= 0.6 is 23.4 Å². The Morgan fingerprint density at radius 1 is 1.00 bits per heavy atom. The number of hydrogen-bond donors (Lipinski definition) is 1. The van der Waals surface area contributed by atoms with Crippen LogP contribution in [-0.4, -0.2) is 31.4 Å². The van der Waals surface area contributed by atoms with Gasteiger partial charge >= 0.3 is 0 Å². The smallest absolute Gasteiger partial charge is 0.243 e. The van der Waals surface area contributed by atoms with Crippen molar-refractivity contribution in [3.05, 3.63) is 89.4 Å². The van der Waals surface area contributed by atoms with E-state index >= 15 is 0 Å². The molecule has 0 aliphatic carbocycles. The monoisotopic (exact) mass is 460 g/mol. The van der Waals surface area contributed by atoms with E-state index in [1.54, 1.807) is 60.3 Å². The predicted molar refractivity (Wildman–Crippen MR) is 122 cm³/mol. The number of amides is 1. The van der Waals surface area contributed by atoms with Crippen molar-refractivity contribution in [2.75, 3.05) is 18.1 Å². The molecule has 3 aromatic rings. The first-order valence-corrected chi connectivity index (χ1v) is 12.2. The number of halogens is 1. The Morgan fingerprint density at radius 2 is 1.70 bits per heavy atom. The summed E-state index contributed by atoms with van der Waals surface area (Å²) in [6, 6.07) is 22.4. The first-order chi connectivity index (χ1) is 14.4. The summed E-state index contributed by atoms with van der Waals surface area (Å²) in [5.41, 5.74) is 1.35. The molecule has 0 bridgehead atoms. The molecule has 156 valence electrons. The van der Waals surface area contributed by atoms with Crippen LogP contribution in [-0.2, 0) is 21.4 Å². The minimum absolute atomic E-state index is 0.0483. The SMILES string of the molecule is CSc1cccc(NC(=O)CN(Cc2ccc(Cl)cc2)S(=O)(=O)c2ccccc2)c1. The summed E-state index contributed by atoms with van der Waals surface area (Å²) in [6.07, 6.45) is 1.95. The standard InChI is InChI=1S/C22H21ClN2O3S2/c1-29-20-7-5-6-19(14-20)24-22(26)16-25(15-17-10-12-18(23)13-11-17)30(27,28)21-8-3-2-4-9-21/h2-14H,15-16H2,1H3,(H,24,26). The summed E-state index contributed by atoms with van der Waals surface area (Å²) < 4.78 is 27.6. The van der Waals surface area contributed by atoms with Gasteiger partial charge in [-0.3, -0.25) is 4.79 Å². The molecular weight excluding hydrogens is 440 g/mol. The average Bonchev–Trinajstić information content (AvgIpc) is 2.75. The number of sulfonamides is 1. The lowest BCUT2D eigenvalue weighted by molar-refractivity contribution is -0.116. The van der Waals surface area contributed by atoms with E-state index in [4.69, 9.17) is 11.6 Å². The second-order valence-corrected chi connectivity index (χ2v) is 9.75. The Bertz CT molecular complexity index is 1100. The molecule has 0 saturated heterocycles. The van der Waals surface area contributed by atoms with E-state index < -0.39 is 15.9 Å². The zero-order valence-electron chi connectivity index (χ0n) is 16.3. The Balaban J connectivity index is 1.84. The third-order valence-electron chi connectivity index (χ3n) is 4.33. The van der Waals surface area contributed by atoms with Gasteiger partial charge < -0.3 is 5.32 Å². The van der Waals surface area contributed by atoms with Gasteiger partial charge in [0.2, 0.25) is 15.9 Å². The molecule has 0 saturated carbocycles. The average molecular weight is 461 g/mol. The molecule has 1 amide bonds. The second kappa shape index (κ2) is 10.1. The molecule has 0 unspecified atom stereocenters. The van der Waals surface area contributed by atoms with E-state index in [1.807, 2.05) is 24.5 Å². The van der Waals surface area contributed by atoms with E-state index in [-0.39, 0.29) is 18.0 Å². The molecule has 0 spiro atoms. The van der Waals surface area contributed by atoms with Gasteiger partial charge in [0.1, 0.15) is 0 Å². The van der Waals surface area contributed by atoms with Crippen LogP contribution in [0, 0.1) is 0 Å². The van der Waals surface area contributed by atoms with E-state index in [1.165, 1.54) is 16.4 Å². The van der Waals surface area contributed by atoms with Crippen LogP contribution in [0.15, 0.2) is 88.7 Å². The molecule has 0 aliphatic rings. The van der Waals surface area contributed by atoms with E-state index in [0.29, 0.717) is 10.7 Å². The van der Waals surface area contributed by atoms with Gasteiger partial charge in [-0.15, -0.1) is 11.8 Å². The maximum absolute atomic E-state index is 13.2. The van der Waals surface area contributed by atoms with E-state index in [9.17, 15) is 13.2 Å². The quantitative estimate of drug-likeness (QED) is 0.486. The topological polar surface area (TPSA) is 66.5 Å². The summed E-state index contributed by atoms with van der Waals surface area (Å²) in [7, 11) is -3.87. The number of carbonyl (C=O) groups excluding carboxylic acids is 1. The summed E-state index contributed by atoms with van der Waals surface area (Å²) in [6.45, 7) is -0.268. The molecule has 8 heteroatoms. The van der Waals surface area contributed by atoms with E-state index in [2.05, 4.69) is 5.32 Å². The van der Waals surface area contributed by atoms with Crippen molar-refractivity contribution in [2.45, 2.75) is 16.3 Å². The molecule has 1 N–H and O–H groups in total. The first-order valence-electron chi connectivity index (χ1n) is 9.12. The molecule has 0 aliphatic heterocycles. The number of thioether (sulfide) groups is 1. The van der Waals surface area contributed by atoms with Gasteiger partial charge in [-0.05, 0) is 54.3 Å². The van der Waals surface area contributed by atoms with Gasteiger partial charge in [-0.2, -0.15) is 4.31 Å². The number of nitrogens with zero attached hydrogens (tertiary/aromatic N) is 1. The molecule has 3 rings (SSSR count). The number of carbonyl (C=O) groups is 1. The number of anilines is 1. The lowest BCUT2D eigenvalue weighted by Gasteiger charge is -2.22. The maximum atomic E-state index is 13.2. The third-order valence-corrected chi connectivity index (χ3v) is 7.11. The Morgan fingerprint density at radius 3 is 2.37 bits per heavy atom. The summed E-state index contributed by atoms with van der Waals surface area (Å²) >= 11 is 7.50. The van der Waals surface area contributed by atoms with Crippen molar-refractivity contribution in [1.82, 2.24) is 4.31 Å². The van der Waals surface area contributed by atoms with Gasteiger partial charge in [0.25, 0.3) is 0 Å². The number of benzene rings is 3. The van der Waals surface area contributed by atoms with Crippen molar-refractivity contribution in [1.29, 1.82) is 0 Å². The highest BCUT2D eigenvalue weighted by atomic mass is 35.5. The first kappa shape index (κ1) is 22.4. The van der Waals surface area contributed by atoms with Gasteiger partial charge in [-0.25, -0.2) is 8.42 Å². The van der Waals surface area contributed by atoms with Gasteiger partial charge in [0.05, 0.1) is 11.4 Å². The molecular formula is C22H21ClN2O3S2. The van der Waals surface area contributed by atoms with Crippen molar-refractivity contribution in [3.63, 3.8) is 0 Å². The molecule has 0 aromatic heterocycles. The lowest BCUT2D eigenvalue weighted by Crippen LogP contribution is -2.37. The van der Waals surface area contributed by atoms with Crippen molar-refractivity contribution < 1.29 is 13.2 Å². The normalized spacial score (nSPS) is 11.4. The Labute approximate surface area is 186 Å². The second-order valence-electron chi connectivity index (χ2n) is 6.49. The highest BCUT2D eigenvalue weighted by Crippen LogP contribution is 2.21. The fourth-order valence-electron chi connectivity index (χ4n) is 2.82. The van der Waals surface area contributed by atoms with Crippen molar-refractivity contribution in [2.24, 2.45) is 0 Å². The lowest BCUT2D eigenvalue weighted by atomic mass is 10.2. The number of rotatable bonds is 8. The largest absolute Gasteiger partial charge is 0.325 e. The van der Waals surface area contributed by atoms with Gasteiger partial charge in [-0.1, -0.05) is 48.0 Å². The van der Waals surface area contributed by atoms with E-state index in [0.717, 1.165) is 10.5 Å². The number of hydrogen-bond acceptors (Lipinski definition) is 4. The minimum Gasteiger partial charge on any atom is -0.325 e. The fourth-order valence-corrected chi connectivity index (χ4v) is 4.81. The zero-order chi connectivity index (χ0) is 21.6. The molecule has 0 atom stereocenters. The zero-order valence-corrected chi connectivity index (χ0v) is 18.7. The fraction of sp³-hybridized carbons (Fsp3) is 0.136. The van der Waals surface area contributed by atoms with Crippen LogP contribution in [0.3, 0.4) is 0 Å². The van der Waals surface area contributed by atoms with Crippen LogP contribution in [0.1, 0.15) is 5.56 Å². The van der Waals surface area contributed by atoms with Gasteiger partial charge in [0, 0.05) is 22.2 Å². The molecule has 0 heterocycles. The highest BCUT2D eigenvalue weighted by Gasteiger charge is 2.27. The third kappa shape index (κ3) is 5.86. The van der Waals surface area contributed by atoms with Gasteiger partial charge in [0.15, 0.2) is 0 Å². The molecule has 3 aromatic carbocycles. The molecule has 0 radical (unpaired) electrons. The van der Waals surface area contributed by atoms with Crippen LogP contribution in [0.4, 0.5) is 5.69 Å². The Kier molecular flexibility index (Phi) is 7.55. The predicted octanol–water partition coefficient (Wildman–Crippen LogP) is 4.89. The highest BCUT2D eigenvalue weighted by molar-refractivity contribution is 7.98. The van der Waals surface area contributed by atoms with Crippen LogP contribution < -0.4 is 5.32 Å². The summed E-state index contributed by atoms with van der Waals surface area (Å²) in [4.78, 5) is 13.8. The van der Waals surface area contributed by atoms with Crippen LogP contribution in [0.2, 0.25) is 5.02 Å². The summed E-state index contributed by atoms with van der Waals surface area (Å²) in [5.74, 6) is -0.415. The minimum atomic E-state index is -3.87. The van der Waals surface area contributed by atoms with Crippen LogP contribution in [0.5, 0.6) is 0 Å². The maximum Gasteiger partial charge on any atom is 0.243 e. The molecule has 0 fully saturated rings. The van der Waals surface area contributed by atoms with Crippen molar-refractivity contribution in [3.8, 4) is 0 Å². The molecule has 30 heavy (non-hydrogen) atoms.